The summed E-state index contributed by atoms with van der Waals surface area (Å²) in [5.74, 6) is 3.09. The molecule has 1 aliphatic carbocycles. The van der Waals surface area contributed by atoms with Crippen LogP contribution in [-0.2, 0) is 11.2 Å². The Morgan fingerprint density at radius 3 is 1.94 bits per heavy atom. The van der Waals surface area contributed by atoms with E-state index in [0.717, 1.165) is 22.3 Å². The highest BCUT2D eigenvalue weighted by atomic mass is 16.5. The molecule has 3 atom stereocenters. The second-order valence-corrected chi connectivity index (χ2v) is 9.29. The minimum atomic E-state index is -0.223. The van der Waals surface area contributed by atoms with E-state index in [2.05, 4.69) is 27.7 Å². The summed E-state index contributed by atoms with van der Waals surface area (Å²) in [5, 5.41) is 10.7. The van der Waals surface area contributed by atoms with Crippen molar-refractivity contribution in [2.45, 2.75) is 40.2 Å². The van der Waals surface area contributed by atoms with Crippen molar-refractivity contribution < 1.29 is 33.5 Å². The van der Waals surface area contributed by atoms with Crippen LogP contribution in [0, 0.1) is 17.8 Å². The van der Waals surface area contributed by atoms with E-state index in [1.54, 1.807) is 34.5 Å². The van der Waals surface area contributed by atoms with Gasteiger partial charge >= 0.3 is 0 Å². The van der Waals surface area contributed by atoms with Crippen LogP contribution in [0.2, 0.25) is 0 Å². The van der Waals surface area contributed by atoms with Gasteiger partial charge in [0.1, 0.15) is 0 Å². The molecule has 34 heavy (non-hydrogen) atoms. The maximum absolute atomic E-state index is 10.7. The van der Waals surface area contributed by atoms with Crippen molar-refractivity contribution in [1.82, 2.24) is 0 Å². The van der Waals surface area contributed by atoms with Crippen molar-refractivity contribution in [3.8, 4) is 45.6 Å². The third kappa shape index (κ3) is 4.45. The number of aromatic hydroxyl groups is 1. The van der Waals surface area contributed by atoms with Gasteiger partial charge in [0, 0.05) is 17.7 Å². The molecule has 0 aliphatic heterocycles. The van der Waals surface area contributed by atoms with Gasteiger partial charge in [0.25, 0.3) is 0 Å². The smallest absolute Gasteiger partial charge is 0.203 e. The number of rotatable bonds is 8. The van der Waals surface area contributed by atoms with Gasteiger partial charge in [0.2, 0.25) is 11.5 Å². The Balaban J connectivity index is 2.51. The molecule has 188 valence electrons. The Labute approximate surface area is 202 Å². The average molecular weight is 475 g/mol. The van der Waals surface area contributed by atoms with Gasteiger partial charge in [0.15, 0.2) is 23.0 Å². The molecule has 1 N–H and O–H groups in total. The van der Waals surface area contributed by atoms with Crippen LogP contribution in [0.3, 0.4) is 0 Å². The standard InChI is InChI=1S/C27H38O7/c1-14(2)13-34-23-16(4)15(3)10-17-11-19(28)24(30-6)26(32-8)21(17)22-18(23)12-20(29-5)25(31-7)27(22)33-9/h11-12,14-16,23,28H,10,13H2,1-9H3/t15-,16-,23+/m0/s1. The van der Waals surface area contributed by atoms with Crippen LogP contribution in [0.15, 0.2) is 12.1 Å². The van der Waals surface area contributed by atoms with Crippen LogP contribution in [0.5, 0.6) is 34.5 Å². The van der Waals surface area contributed by atoms with E-state index in [4.69, 9.17) is 28.4 Å². The minimum absolute atomic E-state index is 0.0344. The molecule has 0 aromatic heterocycles. The first kappa shape index (κ1) is 25.8. The lowest BCUT2D eigenvalue weighted by atomic mass is 9.75. The maximum Gasteiger partial charge on any atom is 0.203 e. The van der Waals surface area contributed by atoms with E-state index in [0.29, 0.717) is 41.9 Å². The normalized spacial score (nSPS) is 19.5. The summed E-state index contributed by atoms with van der Waals surface area (Å²) in [7, 11) is 7.89. The first-order valence-corrected chi connectivity index (χ1v) is 11.6. The van der Waals surface area contributed by atoms with Crippen LogP contribution >= 0.6 is 0 Å². The summed E-state index contributed by atoms with van der Waals surface area (Å²) < 4.78 is 35.3. The predicted molar refractivity (Wildman–Crippen MR) is 132 cm³/mol. The van der Waals surface area contributed by atoms with E-state index in [1.807, 2.05) is 6.07 Å². The van der Waals surface area contributed by atoms with Gasteiger partial charge in [-0.15, -0.1) is 0 Å². The average Bonchev–Trinajstić information content (AvgIpc) is 2.81. The third-order valence-corrected chi connectivity index (χ3v) is 6.65. The number of hydrogen-bond acceptors (Lipinski definition) is 7. The molecule has 0 unspecified atom stereocenters. The summed E-state index contributed by atoms with van der Waals surface area (Å²) in [6.07, 6.45) is 0.488. The molecule has 0 spiro atoms. The lowest BCUT2D eigenvalue weighted by Gasteiger charge is -2.36. The topological polar surface area (TPSA) is 75.6 Å². The van der Waals surface area contributed by atoms with E-state index in [1.165, 1.54) is 7.11 Å². The van der Waals surface area contributed by atoms with Crippen molar-refractivity contribution in [1.29, 1.82) is 0 Å². The summed E-state index contributed by atoms with van der Waals surface area (Å²) in [4.78, 5) is 0. The van der Waals surface area contributed by atoms with Gasteiger partial charge in [-0.1, -0.05) is 27.7 Å². The zero-order valence-electron chi connectivity index (χ0n) is 21.8. The van der Waals surface area contributed by atoms with E-state index < -0.39 is 0 Å². The number of phenolic OH excluding ortho intramolecular Hbond substituents is 1. The fourth-order valence-corrected chi connectivity index (χ4v) is 4.82. The lowest BCUT2D eigenvalue weighted by Crippen LogP contribution is -2.26. The van der Waals surface area contributed by atoms with Gasteiger partial charge in [0.05, 0.1) is 41.7 Å². The third-order valence-electron chi connectivity index (χ3n) is 6.65. The molecule has 7 heteroatoms. The SMILES string of the molecule is COc1cc2c(c(OC)c1OC)-c1c(cc(O)c(OC)c1OC)C[C@H](C)[C@H](C)[C@H]2OCC(C)C. The second-order valence-electron chi connectivity index (χ2n) is 9.29. The number of methoxy groups -OCH3 is 5. The number of ether oxygens (including phenoxy) is 6. The molecule has 7 nitrogen and oxygen atoms in total. The molecule has 0 radical (unpaired) electrons. The Hall–Kier alpha value is -2.80. The van der Waals surface area contributed by atoms with Gasteiger partial charge < -0.3 is 33.5 Å². The Bertz CT molecular complexity index is 1020. The zero-order valence-corrected chi connectivity index (χ0v) is 21.8. The van der Waals surface area contributed by atoms with Crippen LogP contribution in [0.4, 0.5) is 0 Å². The Kier molecular flexibility index (Phi) is 8.08. The molecular formula is C27H38O7. The maximum atomic E-state index is 10.7. The molecule has 0 heterocycles. The van der Waals surface area contributed by atoms with Crippen LogP contribution < -0.4 is 23.7 Å². The van der Waals surface area contributed by atoms with Crippen LogP contribution in [-0.4, -0.2) is 47.3 Å². The highest BCUT2D eigenvalue weighted by Gasteiger charge is 2.37. The first-order valence-electron chi connectivity index (χ1n) is 11.6. The van der Waals surface area contributed by atoms with Crippen LogP contribution in [0.1, 0.15) is 44.9 Å². The molecule has 2 aromatic carbocycles. The monoisotopic (exact) mass is 474 g/mol. The highest BCUT2D eigenvalue weighted by Crippen LogP contribution is 2.57. The summed E-state index contributed by atoms with van der Waals surface area (Å²) in [6, 6.07) is 3.73. The van der Waals surface area contributed by atoms with Crippen LogP contribution in [0.25, 0.3) is 11.1 Å². The van der Waals surface area contributed by atoms with Crippen molar-refractivity contribution in [3.05, 3.63) is 23.3 Å². The molecular weight excluding hydrogens is 436 g/mol. The van der Waals surface area contributed by atoms with Crippen molar-refractivity contribution >= 4 is 0 Å². The predicted octanol–water partition coefficient (Wildman–Crippen LogP) is 5.64. The van der Waals surface area contributed by atoms with Crippen molar-refractivity contribution in [3.63, 3.8) is 0 Å². The van der Waals surface area contributed by atoms with Gasteiger partial charge in [-0.05, 0) is 47.4 Å². The molecule has 0 amide bonds. The number of benzene rings is 2. The zero-order chi connectivity index (χ0) is 25.2. The molecule has 0 saturated carbocycles. The molecule has 0 fully saturated rings. The molecule has 0 saturated heterocycles. The lowest BCUT2D eigenvalue weighted by molar-refractivity contribution is -0.0137. The molecule has 1 aliphatic rings. The fourth-order valence-electron chi connectivity index (χ4n) is 4.82. The highest BCUT2D eigenvalue weighted by molar-refractivity contribution is 5.88. The summed E-state index contributed by atoms with van der Waals surface area (Å²) >= 11 is 0. The van der Waals surface area contributed by atoms with Gasteiger partial charge in [-0.25, -0.2) is 0 Å². The quantitative estimate of drug-likeness (QED) is 0.530. The Morgan fingerprint density at radius 2 is 1.41 bits per heavy atom. The molecule has 0 bridgehead atoms. The summed E-state index contributed by atoms with van der Waals surface area (Å²) in [5.41, 5.74) is 3.43. The number of fused-ring (bicyclic) bond motifs is 3. The van der Waals surface area contributed by atoms with Crippen molar-refractivity contribution in [2.75, 3.05) is 42.2 Å². The largest absolute Gasteiger partial charge is 0.504 e. The van der Waals surface area contributed by atoms with E-state index in [9.17, 15) is 5.11 Å². The first-order chi connectivity index (χ1) is 16.2. The minimum Gasteiger partial charge on any atom is -0.504 e. The second kappa shape index (κ2) is 10.6. The molecule has 3 rings (SSSR count). The van der Waals surface area contributed by atoms with Gasteiger partial charge in [-0.3, -0.25) is 0 Å². The van der Waals surface area contributed by atoms with E-state index in [-0.39, 0.29) is 29.4 Å². The number of phenols is 1. The number of hydrogen-bond donors (Lipinski definition) is 1. The fraction of sp³-hybridized carbons (Fsp3) is 0.556. The summed E-state index contributed by atoms with van der Waals surface area (Å²) in [6.45, 7) is 9.30. The van der Waals surface area contributed by atoms with Gasteiger partial charge in [-0.2, -0.15) is 0 Å². The van der Waals surface area contributed by atoms with Crippen molar-refractivity contribution in [2.24, 2.45) is 17.8 Å². The molecule has 2 aromatic rings. The Morgan fingerprint density at radius 1 is 0.824 bits per heavy atom. The van der Waals surface area contributed by atoms with E-state index >= 15 is 0 Å².